The molecule has 0 aliphatic carbocycles. The van der Waals surface area contributed by atoms with Crippen molar-refractivity contribution in [2.24, 2.45) is 5.92 Å². The smallest absolute Gasteiger partial charge is 0.220 e. The number of para-hydroxylation sites is 1. The first-order valence-corrected chi connectivity index (χ1v) is 10.1. The molecule has 0 saturated carbocycles. The Morgan fingerprint density at radius 2 is 2.18 bits per heavy atom. The lowest BCUT2D eigenvalue weighted by molar-refractivity contribution is -0.121. The summed E-state index contributed by atoms with van der Waals surface area (Å²) < 4.78 is 5.96. The van der Waals surface area contributed by atoms with Crippen molar-refractivity contribution in [2.45, 2.75) is 32.2 Å². The third-order valence-electron chi connectivity index (χ3n) is 5.41. The molecule has 5 heteroatoms. The van der Waals surface area contributed by atoms with Crippen molar-refractivity contribution in [3.63, 3.8) is 0 Å². The molecular formula is C23H27N3O2. The summed E-state index contributed by atoms with van der Waals surface area (Å²) in [4.78, 5) is 18.7. The maximum absolute atomic E-state index is 12.2. The number of rotatable bonds is 7. The lowest BCUT2D eigenvalue weighted by Crippen LogP contribution is -2.40. The van der Waals surface area contributed by atoms with Gasteiger partial charge in [0.2, 0.25) is 5.91 Å². The number of carbonyl (C=O) groups is 1. The fourth-order valence-corrected chi connectivity index (χ4v) is 3.95. The van der Waals surface area contributed by atoms with E-state index in [0.717, 1.165) is 61.3 Å². The van der Waals surface area contributed by atoms with Crippen LogP contribution in [0.1, 0.15) is 30.6 Å². The minimum absolute atomic E-state index is 0.123. The molecule has 5 nitrogen and oxygen atoms in total. The highest BCUT2D eigenvalue weighted by atomic mass is 16.3. The maximum Gasteiger partial charge on any atom is 0.220 e. The summed E-state index contributed by atoms with van der Waals surface area (Å²) in [6.45, 7) is 3.67. The molecule has 1 amide bonds. The average molecular weight is 377 g/mol. The van der Waals surface area contributed by atoms with E-state index in [2.05, 4.69) is 27.3 Å². The number of nitrogens with zero attached hydrogens (tertiary/aromatic N) is 2. The number of fused-ring (bicyclic) bond motifs is 1. The molecule has 2 aromatic heterocycles. The molecule has 4 rings (SSSR count). The second-order valence-corrected chi connectivity index (χ2v) is 7.66. The molecule has 1 saturated heterocycles. The molecule has 3 heterocycles. The van der Waals surface area contributed by atoms with Gasteiger partial charge in [-0.15, -0.1) is 0 Å². The van der Waals surface area contributed by atoms with Gasteiger partial charge in [-0.25, -0.2) is 0 Å². The predicted octanol–water partition coefficient (Wildman–Crippen LogP) is 3.79. The summed E-state index contributed by atoms with van der Waals surface area (Å²) in [5, 5.41) is 4.28. The van der Waals surface area contributed by atoms with Crippen molar-refractivity contribution in [3.05, 3.63) is 66.2 Å². The average Bonchev–Trinajstić information content (AvgIpc) is 3.14. The molecular weight excluding hydrogens is 350 g/mol. The van der Waals surface area contributed by atoms with Gasteiger partial charge >= 0.3 is 0 Å². The van der Waals surface area contributed by atoms with Gasteiger partial charge in [0, 0.05) is 37.3 Å². The predicted molar refractivity (Wildman–Crippen MR) is 110 cm³/mol. The van der Waals surface area contributed by atoms with E-state index < -0.39 is 0 Å². The molecule has 1 fully saturated rings. The van der Waals surface area contributed by atoms with Crippen LogP contribution in [0.5, 0.6) is 0 Å². The van der Waals surface area contributed by atoms with Gasteiger partial charge < -0.3 is 9.73 Å². The molecule has 0 spiro atoms. The third kappa shape index (κ3) is 4.98. The number of aryl methyl sites for hydroxylation is 1. The van der Waals surface area contributed by atoms with Crippen LogP contribution in [-0.2, 0) is 17.8 Å². The monoisotopic (exact) mass is 377 g/mol. The normalized spacial score (nSPS) is 17.6. The fraction of sp³-hybridized carbons (Fsp3) is 0.391. The van der Waals surface area contributed by atoms with Crippen molar-refractivity contribution in [2.75, 3.05) is 19.6 Å². The van der Waals surface area contributed by atoms with E-state index in [1.54, 1.807) is 6.20 Å². The number of carbonyl (C=O) groups excluding carboxylic acids is 1. The van der Waals surface area contributed by atoms with Gasteiger partial charge in [0.25, 0.3) is 0 Å². The first kappa shape index (κ1) is 18.7. The number of hydrogen-bond acceptors (Lipinski definition) is 4. The standard InChI is InChI=1S/C23H27N3O2/c27-23(10-9-18-5-3-11-24-14-18)25-15-19-6-4-12-26(16-19)17-21-13-20-7-1-2-8-22(20)28-21/h1-3,5,7-8,11,13-14,19H,4,6,9-10,12,15-17H2,(H,25,27). The molecule has 146 valence electrons. The van der Waals surface area contributed by atoms with Gasteiger partial charge in [-0.1, -0.05) is 24.3 Å². The molecule has 1 aromatic carbocycles. The molecule has 1 N–H and O–H groups in total. The summed E-state index contributed by atoms with van der Waals surface area (Å²) in [5.41, 5.74) is 2.05. The summed E-state index contributed by atoms with van der Waals surface area (Å²) in [6.07, 6.45) is 7.16. The van der Waals surface area contributed by atoms with Crippen molar-refractivity contribution in [1.29, 1.82) is 0 Å². The largest absolute Gasteiger partial charge is 0.460 e. The van der Waals surface area contributed by atoms with Crippen LogP contribution < -0.4 is 5.32 Å². The van der Waals surface area contributed by atoms with Crippen LogP contribution in [0.2, 0.25) is 0 Å². The Balaban J connectivity index is 1.22. The molecule has 1 aliphatic heterocycles. The Bertz CT molecular complexity index is 873. The highest BCUT2D eigenvalue weighted by molar-refractivity contribution is 5.77. The lowest BCUT2D eigenvalue weighted by atomic mass is 9.97. The maximum atomic E-state index is 12.2. The molecule has 1 atom stereocenters. The number of furan rings is 1. The van der Waals surface area contributed by atoms with E-state index in [0.29, 0.717) is 12.3 Å². The molecule has 0 bridgehead atoms. The summed E-state index contributed by atoms with van der Waals surface area (Å²) in [5.74, 6) is 1.64. The Morgan fingerprint density at radius 3 is 3.04 bits per heavy atom. The van der Waals surface area contributed by atoms with Gasteiger partial charge in [-0.05, 0) is 55.5 Å². The summed E-state index contributed by atoms with van der Waals surface area (Å²) in [7, 11) is 0. The van der Waals surface area contributed by atoms with Crippen LogP contribution in [0.15, 0.2) is 59.3 Å². The van der Waals surface area contributed by atoms with Crippen molar-refractivity contribution < 1.29 is 9.21 Å². The molecule has 1 unspecified atom stereocenters. The van der Waals surface area contributed by atoms with Crippen LogP contribution in [-0.4, -0.2) is 35.4 Å². The van der Waals surface area contributed by atoms with E-state index in [4.69, 9.17) is 4.42 Å². The van der Waals surface area contributed by atoms with Crippen molar-refractivity contribution >= 4 is 16.9 Å². The highest BCUT2D eigenvalue weighted by Crippen LogP contribution is 2.23. The molecule has 28 heavy (non-hydrogen) atoms. The van der Waals surface area contributed by atoms with Gasteiger partial charge in [-0.2, -0.15) is 0 Å². The quantitative estimate of drug-likeness (QED) is 0.681. The van der Waals surface area contributed by atoms with E-state index in [1.165, 1.54) is 6.42 Å². The van der Waals surface area contributed by atoms with Crippen LogP contribution in [0, 0.1) is 5.92 Å². The van der Waals surface area contributed by atoms with Gasteiger partial charge in [0.1, 0.15) is 11.3 Å². The van der Waals surface area contributed by atoms with E-state index in [9.17, 15) is 4.79 Å². The Labute approximate surface area is 165 Å². The summed E-state index contributed by atoms with van der Waals surface area (Å²) in [6, 6.07) is 14.2. The van der Waals surface area contributed by atoms with Crippen LogP contribution in [0.4, 0.5) is 0 Å². The third-order valence-corrected chi connectivity index (χ3v) is 5.41. The minimum Gasteiger partial charge on any atom is -0.460 e. The topological polar surface area (TPSA) is 58.4 Å². The van der Waals surface area contributed by atoms with Gasteiger partial charge in [0.15, 0.2) is 0 Å². The van der Waals surface area contributed by atoms with E-state index in [-0.39, 0.29) is 5.91 Å². The number of amides is 1. The minimum atomic E-state index is 0.123. The number of likely N-dealkylation sites (tertiary alicyclic amines) is 1. The first-order valence-electron chi connectivity index (χ1n) is 10.1. The number of piperidine rings is 1. The number of pyridine rings is 1. The van der Waals surface area contributed by atoms with Crippen LogP contribution in [0.25, 0.3) is 11.0 Å². The second kappa shape index (κ2) is 9.02. The first-order chi connectivity index (χ1) is 13.8. The Kier molecular flexibility index (Phi) is 6.02. The van der Waals surface area contributed by atoms with E-state index in [1.807, 2.05) is 36.5 Å². The highest BCUT2D eigenvalue weighted by Gasteiger charge is 2.21. The van der Waals surface area contributed by atoms with Gasteiger partial charge in [-0.3, -0.25) is 14.7 Å². The molecule has 1 aliphatic rings. The molecule has 0 radical (unpaired) electrons. The number of aromatic nitrogens is 1. The Morgan fingerprint density at radius 1 is 1.25 bits per heavy atom. The fourth-order valence-electron chi connectivity index (χ4n) is 3.95. The van der Waals surface area contributed by atoms with Crippen LogP contribution in [0.3, 0.4) is 0 Å². The van der Waals surface area contributed by atoms with Crippen molar-refractivity contribution in [1.82, 2.24) is 15.2 Å². The zero-order valence-electron chi connectivity index (χ0n) is 16.1. The number of benzene rings is 1. The van der Waals surface area contributed by atoms with E-state index >= 15 is 0 Å². The number of nitrogens with one attached hydrogen (secondary N) is 1. The van der Waals surface area contributed by atoms with Gasteiger partial charge in [0.05, 0.1) is 6.54 Å². The number of hydrogen-bond donors (Lipinski definition) is 1. The summed E-state index contributed by atoms with van der Waals surface area (Å²) >= 11 is 0. The Hall–Kier alpha value is -2.66. The van der Waals surface area contributed by atoms with Crippen molar-refractivity contribution in [3.8, 4) is 0 Å². The zero-order chi connectivity index (χ0) is 19.2. The second-order valence-electron chi connectivity index (χ2n) is 7.66. The SMILES string of the molecule is O=C(CCc1cccnc1)NCC1CCCN(Cc2cc3ccccc3o2)C1. The van der Waals surface area contributed by atoms with Crippen LogP contribution >= 0.6 is 0 Å². The molecule has 3 aromatic rings. The lowest BCUT2D eigenvalue weighted by Gasteiger charge is -2.32. The zero-order valence-corrected chi connectivity index (χ0v) is 16.1.